The molecule has 8 heteroatoms. The number of aliphatic hydroxyl groups is 3. The maximum absolute atomic E-state index is 12.3. The fourth-order valence-electron chi connectivity index (χ4n) is 2.24. The highest BCUT2D eigenvalue weighted by molar-refractivity contribution is 5.01. The summed E-state index contributed by atoms with van der Waals surface area (Å²) < 4.78 is 7.07. The van der Waals surface area contributed by atoms with Crippen LogP contribution in [0.25, 0.3) is 0 Å². The molecule has 1 aliphatic rings. The van der Waals surface area contributed by atoms with E-state index in [0.29, 0.717) is 0 Å². The zero-order valence-electron chi connectivity index (χ0n) is 11.3. The predicted molar refractivity (Wildman–Crippen MR) is 71.5 cm³/mol. The second-order valence-corrected chi connectivity index (χ2v) is 4.79. The summed E-state index contributed by atoms with van der Waals surface area (Å²) in [6.45, 7) is 0.994. The monoisotopic (exact) mass is 296 g/mol. The van der Waals surface area contributed by atoms with Crippen molar-refractivity contribution in [3.63, 3.8) is 0 Å². The van der Waals surface area contributed by atoms with Crippen LogP contribution in [0.15, 0.2) is 21.9 Å². The van der Waals surface area contributed by atoms with Gasteiger partial charge in [0.1, 0.15) is 18.3 Å². The van der Waals surface area contributed by atoms with Gasteiger partial charge in [0, 0.05) is 12.3 Å². The molecule has 1 aliphatic heterocycles. The van der Waals surface area contributed by atoms with Crippen LogP contribution < -0.4 is 11.2 Å². The molecule has 0 amide bonds. The van der Waals surface area contributed by atoms with Gasteiger partial charge in [0.25, 0.3) is 5.56 Å². The van der Waals surface area contributed by atoms with Gasteiger partial charge in [-0.1, -0.05) is 5.92 Å². The van der Waals surface area contributed by atoms with E-state index in [4.69, 9.17) is 16.3 Å². The van der Waals surface area contributed by atoms with Gasteiger partial charge in [0.15, 0.2) is 6.23 Å². The summed E-state index contributed by atoms with van der Waals surface area (Å²) in [7, 11) is 0. The first-order chi connectivity index (χ1) is 9.92. The van der Waals surface area contributed by atoms with E-state index in [1.165, 1.54) is 6.92 Å². The summed E-state index contributed by atoms with van der Waals surface area (Å²) in [5.74, 6) is 2.28. The van der Waals surface area contributed by atoms with E-state index in [0.717, 1.165) is 21.4 Å². The Morgan fingerprint density at radius 1 is 1.43 bits per heavy atom. The van der Waals surface area contributed by atoms with Crippen molar-refractivity contribution in [3.8, 4) is 12.3 Å². The minimum absolute atomic E-state index is 0.510. The summed E-state index contributed by atoms with van der Waals surface area (Å²) in [6, 6.07) is 0.346. The first-order valence-corrected chi connectivity index (χ1v) is 6.34. The zero-order valence-corrected chi connectivity index (χ0v) is 11.3. The highest BCUT2D eigenvalue weighted by Crippen LogP contribution is 2.27. The summed E-state index contributed by atoms with van der Waals surface area (Å²) >= 11 is 0. The Balaban J connectivity index is 2.50. The first kappa shape index (κ1) is 15.5. The molecule has 1 unspecified atom stereocenters. The SMILES string of the molecule is C#CC(C)n1c(=O)ccn([C@@H]2O[C@H](CO)[C@@H](O)[C@H]2O)c1=O. The quantitative estimate of drug-likeness (QED) is 0.546. The lowest BCUT2D eigenvalue weighted by molar-refractivity contribution is -0.0556. The van der Waals surface area contributed by atoms with Crippen LogP contribution in [0.3, 0.4) is 0 Å². The highest BCUT2D eigenvalue weighted by atomic mass is 16.6. The number of ether oxygens (including phenoxy) is 1. The van der Waals surface area contributed by atoms with Gasteiger partial charge >= 0.3 is 5.69 Å². The van der Waals surface area contributed by atoms with E-state index in [1.807, 2.05) is 0 Å². The number of terminal acetylenes is 1. The van der Waals surface area contributed by atoms with Crippen molar-refractivity contribution in [2.24, 2.45) is 0 Å². The van der Waals surface area contributed by atoms with Crippen LogP contribution in [0.1, 0.15) is 19.2 Å². The Labute approximate surface area is 119 Å². The van der Waals surface area contributed by atoms with Crippen LogP contribution >= 0.6 is 0 Å². The molecule has 0 spiro atoms. The van der Waals surface area contributed by atoms with Crippen molar-refractivity contribution in [2.75, 3.05) is 6.61 Å². The molecule has 1 fully saturated rings. The molecule has 2 heterocycles. The van der Waals surface area contributed by atoms with Gasteiger partial charge in [-0.05, 0) is 6.92 Å². The van der Waals surface area contributed by atoms with Crippen molar-refractivity contribution >= 4 is 0 Å². The maximum Gasteiger partial charge on any atom is 0.334 e. The summed E-state index contributed by atoms with van der Waals surface area (Å²) in [4.78, 5) is 24.1. The molecule has 0 saturated carbocycles. The average Bonchev–Trinajstić information content (AvgIpc) is 2.75. The molecule has 1 aromatic rings. The van der Waals surface area contributed by atoms with Crippen molar-refractivity contribution in [1.29, 1.82) is 0 Å². The molecule has 21 heavy (non-hydrogen) atoms. The average molecular weight is 296 g/mol. The molecule has 0 radical (unpaired) electrons. The summed E-state index contributed by atoms with van der Waals surface area (Å²) in [6.07, 6.45) is 1.42. The predicted octanol–water partition coefficient (Wildman–Crippen LogP) is -2.18. The Hall–Kier alpha value is -1.92. The van der Waals surface area contributed by atoms with Gasteiger partial charge in [-0.3, -0.25) is 9.36 Å². The van der Waals surface area contributed by atoms with Gasteiger partial charge in [-0.15, -0.1) is 6.42 Å². The zero-order chi connectivity index (χ0) is 15.7. The van der Waals surface area contributed by atoms with Crippen LogP contribution in [0.2, 0.25) is 0 Å². The molecule has 1 aromatic heterocycles. The van der Waals surface area contributed by atoms with E-state index < -0.39 is 48.4 Å². The molecule has 0 aliphatic carbocycles. The molecular formula is C13H16N2O6. The molecule has 0 bridgehead atoms. The van der Waals surface area contributed by atoms with Gasteiger partial charge in [0.05, 0.1) is 12.6 Å². The number of rotatable bonds is 3. The molecule has 5 atom stereocenters. The smallest absolute Gasteiger partial charge is 0.334 e. The topological polar surface area (TPSA) is 114 Å². The number of nitrogens with zero attached hydrogens (tertiary/aromatic N) is 2. The fourth-order valence-corrected chi connectivity index (χ4v) is 2.24. The van der Waals surface area contributed by atoms with Crippen molar-refractivity contribution in [3.05, 3.63) is 33.1 Å². The summed E-state index contributed by atoms with van der Waals surface area (Å²) in [5, 5.41) is 28.7. The number of aromatic nitrogens is 2. The van der Waals surface area contributed by atoms with E-state index in [1.54, 1.807) is 0 Å². The van der Waals surface area contributed by atoms with Gasteiger partial charge in [-0.2, -0.15) is 0 Å². The van der Waals surface area contributed by atoms with Crippen molar-refractivity contribution in [1.82, 2.24) is 9.13 Å². The fraction of sp³-hybridized carbons (Fsp3) is 0.538. The number of aliphatic hydroxyl groups excluding tert-OH is 3. The van der Waals surface area contributed by atoms with Gasteiger partial charge < -0.3 is 20.1 Å². The Morgan fingerprint density at radius 2 is 2.10 bits per heavy atom. The highest BCUT2D eigenvalue weighted by Gasteiger charge is 2.43. The lowest BCUT2D eigenvalue weighted by Gasteiger charge is -2.19. The van der Waals surface area contributed by atoms with Crippen molar-refractivity contribution < 1.29 is 20.1 Å². The largest absolute Gasteiger partial charge is 0.394 e. The minimum Gasteiger partial charge on any atom is -0.394 e. The second-order valence-electron chi connectivity index (χ2n) is 4.79. The standard InChI is InChI=1S/C13H16N2O6/c1-3-7(2)15-9(17)4-5-14(13(15)20)12-11(19)10(18)8(6-16)21-12/h1,4-5,7-8,10-12,16,18-19H,6H2,2H3/t7?,8-,10-,11-,12-/m1/s1. The second kappa shape index (κ2) is 5.83. The molecule has 0 aromatic carbocycles. The number of hydrogen-bond acceptors (Lipinski definition) is 6. The van der Waals surface area contributed by atoms with E-state index in [2.05, 4.69) is 5.92 Å². The maximum atomic E-state index is 12.3. The van der Waals surface area contributed by atoms with Crippen LogP contribution in [0.4, 0.5) is 0 Å². The van der Waals surface area contributed by atoms with Crippen LogP contribution in [0, 0.1) is 12.3 Å². The number of hydrogen-bond donors (Lipinski definition) is 3. The molecule has 2 rings (SSSR count). The van der Waals surface area contributed by atoms with Gasteiger partial charge in [0.2, 0.25) is 0 Å². The van der Waals surface area contributed by atoms with E-state index in [9.17, 15) is 19.8 Å². The van der Waals surface area contributed by atoms with Crippen LogP contribution in [0.5, 0.6) is 0 Å². The van der Waals surface area contributed by atoms with Crippen LogP contribution in [-0.2, 0) is 4.74 Å². The third-order valence-electron chi connectivity index (χ3n) is 3.46. The lowest BCUT2D eigenvalue weighted by atomic mass is 10.1. The lowest BCUT2D eigenvalue weighted by Crippen LogP contribution is -2.44. The Bertz CT molecular complexity index is 672. The Morgan fingerprint density at radius 3 is 2.62 bits per heavy atom. The first-order valence-electron chi connectivity index (χ1n) is 6.34. The van der Waals surface area contributed by atoms with E-state index >= 15 is 0 Å². The third kappa shape index (κ3) is 2.52. The van der Waals surface area contributed by atoms with E-state index in [-0.39, 0.29) is 0 Å². The Kier molecular flexibility index (Phi) is 4.29. The normalized spacial score (nSPS) is 30.0. The molecule has 3 N–H and O–H groups in total. The minimum atomic E-state index is -1.41. The summed E-state index contributed by atoms with van der Waals surface area (Å²) in [5.41, 5.74) is -1.34. The van der Waals surface area contributed by atoms with Gasteiger partial charge in [-0.25, -0.2) is 9.36 Å². The molecule has 114 valence electrons. The molecular weight excluding hydrogens is 280 g/mol. The van der Waals surface area contributed by atoms with Crippen LogP contribution in [-0.4, -0.2) is 49.4 Å². The molecule has 8 nitrogen and oxygen atoms in total. The van der Waals surface area contributed by atoms with Crippen molar-refractivity contribution in [2.45, 2.75) is 37.5 Å². The third-order valence-corrected chi connectivity index (χ3v) is 3.46. The molecule has 1 saturated heterocycles.